The van der Waals surface area contributed by atoms with Gasteiger partial charge in [0, 0.05) is 11.8 Å². The van der Waals surface area contributed by atoms with Gasteiger partial charge in [0.25, 0.3) is 5.91 Å². The molecule has 0 aliphatic carbocycles. The van der Waals surface area contributed by atoms with E-state index in [0.29, 0.717) is 36.1 Å². The van der Waals surface area contributed by atoms with Crippen molar-refractivity contribution in [3.05, 3.63) is 42.5 Å². The van der Waals surface area contributed by atoms with Crippen LogP contribution in [0.15, 0.2) is 42.5 Å². The van der Waals surface area contributed by atoms with Gasteiger partial charge in [-0.25, -0.2) is 0 Å². The third-order valence-electron chi connectivity index (χ3n) is 3.26. The summed E-state index contributed by atoms with van der Waals surface area (Å²) in [7, 11) is 0. The smallest absolute Gasteiger partial charge is 0.486 e. The molecule has 1 amide bonds. The monoisotopic (exact) mass is 369 g/mol. The molecule has 26 heavy (non-hydrogen) atoms. The van der Waals surface area contributed by atoms with Crippen LogP contribution in [0.1, 0.15) is 0 Å². The summed E-state index contributed by atoms with van der Waals surface area (Å²) >= 11 is 0. The molecule has 0 atom stereocenters. The van der Waals surface area contributed by atoms with E-state index in [0.717, 1.165) is 12.1 Å². The Balaban J connectivity index is 1.51. The summed E-state index contributed by atoms with van der Waals surface area (Å²) in [4.78, 5) is 11.9. The Morgan fingerprint density at radius 3 is 2.35 bits per heavy atom. The van der Waals surface area contributed by atoms with Gasteiger partial charge < -0.3 is 24.3 Å². The first-order valence-electron chi connectivity index (χ1n) is 7.57. The number of alkyl halides is 3. The summed E-state index contributed by atoms with van der Waals surface area (Å²) in [5, 5.41) is 2.51. The third-order valence-corrected chi connectivity index (χ3v) is 3.26. The van der Waals surface area contributed by atoms with Gasteiger partial charge >= 0.3 is 6.36 Å². The highest BCUT2D eigenvalue weighted by atomic mass is 19.4. The summed E-state index contributed by atoms with van der Waals surface area (Å²) in [5.41, 5.74) is 0.315. The van der Waals surface area contributed by atoms with Crippen molar-refractivity contribution >= 4 is 11.6 Å². The van der Waals surface area contributed by atoms with E-state index in [9.17, 15) is 18.0 Å². The first kappa shape index (κ1) is 17.7. The normalized spacial score (nSPS) is 13.0. The first-order chi connectivity index (χ1) is 12.4. The Morgan fingerprint density at radius 2 is 1.65 bits per heavy atom. The van der Waals surface area contributed by atoms with Crippen molar-refractivity contribution in [1.29, 1.82) is 0 Å². The van der Waals surface area contributed by atoms with Crippen LogP contribution in [0.25, 0.3) is 0 Å². The molecule has 0 saturated carbocycles. The van der Waals surface area contributed by atoms with Crippen molar-refractivity contribution in [2.75, 3.05) is 25.1 Å². The van der Waals surface area contributed by atoms with Gasteiger partial charge in [0.15, 0.2) is 18.1 Å². The van der Waals surface area contributed by atoms with Crippen LogP contribution in [0.3, 0.4) is 0 Å². The number of anilines is 1. The second-order valence-electron chi connectivity index (χ2n) is 5.21. The molecule has 2 aromatic carbocycles. The fraction of sp³-hybridized carbons (Fsp3) is 0.235. The van der Waals surface area contributed by atoms with E-state index in [2.05, 4.69) is 10.1 Å². The minimum absolute atomic E-state index is 0.277. The molecule has 2 aromatic rings. The largest absolute Gasteiger partial charge is 0.573 e. The van der Waals surface area contributed by atoms with Crippen molar-refractivity contribution in [2.45, 2.75) is 6.36 Å². The maximum Gasteiger partial charge on any atom is 0.573 e. The minimum atomic E-state index is -4.76. The van der Waals surface area contributed by atoms with Crippen molar-refractivity contribution < 1.29 is 36.9 Å². The van der Waals surface area contributed by atoms with E-state index in [1.54, 1.807) is 18.2 Å². The van der Waals surface area contributed by atoms with Gasteiger partial charge in [-0.05, 0) is 36.4 Å². The molecule has 1 N–H and O–H groups in total. The van der Waals surface area contributed by atoms with Gasteiger partial charge in [0.1, 0.15) is 24.7 Å². The molecule has 6 nitrogen and oxygen atoms in total. The van der Waals surface area contributed by atoms with Crippen LogP contribution in [0.4, 0.5) is 18.9 Å². The van der Waals surface area contributed by atoms with Crippen molar-refractivity contribution in [3.8, 4) is 23.0 Å². The quantitative estimate of drug-likeness (QED) is 0.875. The minimum Gasteiger partial charge on any atom is -0.486 e. The van der Waals surface area contributed by atoms with E-state index in [-0.39, 0.29) is 12.4 Å². The zero-order valence-electron chi connectivity index (χ0n) is 13.3. The van der Waals surface area contributed by atoms with Crippen LogP contribution in [0.2, 0.25) is 0 Å². The zero-order chi connectivity index (χ0) is 18.6. The van der Waals surface area contributed by atoms with Gasteiger partial charge in [-0.3, -0.25) is 4.79 Å². The Morgan fingerprint density at radius 1 is 1.00 bits per heavy atom. The zero-order valence-corrected chi connectivity index (χ0v) is 13.3. The molecular weight excluding hydrogens is 355 g/mol. The SMILES string of the molecule is O=C(COc1ccc2c(c1)OCCO2)Nc1ccc(OC(F)(F)F)cc1. The summed E-state index contributed by atoms with van der Waals surface area (Å²) in [6.07, 6.45) is -4.76. The van der Waals surface area contributed by atoms with E-state index in [1.807, 2.05) is 0 Å². The number of hydrogen-bond donors (Lipinski definition) is 1. The average molecular weight is 369 g/mol. The molecule has 0 aromatic heterocycles. The fourth-order valence-corrected chi connectivity index (χ4v) is 2.20. The molecule has 138 valence electrons. The second-order valence-corrected chi connectivity index (χ2v) is 5.21. The third kappa shape index (κ3) is 4.95. The highest BCUT2D eigenvalue weighted by Crippen LogP contribution is 2.33. The lowest BCUT2D eigenvalue weighted by atomic mass is 10.3. The number of nitrogens with one attached hydrogen (secondary N) is 1. The highest BCUT2D eigenvalue weighted by Gasteiger charge is 2.30. The molecule has 0 spiro atoms. The highest BCUT2D eigenvalue weighted by molar-refractivity contribution is 5.91. The van der Waals surface area contributed by atoms with E-state index >= 15 is 0 Å². The summed E-state index contributed by atoms with van der Waals surface area (Å²) < 4.78 is 56.2. The molecule has 0 saturated heterocycles. The maximum atomic E-state index is 12.1. The molecule has 1 aliphatic rings. The number of rotatable bonds is 5. The van der Waals surface area contributed by atoms with E-state index in [4.69, 9.17) is 14.2 Å². The molecule has 0 unspecified atom stereocenters. The Kier molecular flexibility index (Phi) is 5.06. The molecule has 3 rings (SSSR count). The van der Waals surface area contributed by atoms with Crippen molar-refractivity contribution in [2.24, 2.45) is 0 Å². The lowest BCUT2D eigenvalue weighted by molar-refractivity contribution is -0.274. The fourth-order valence-electron chi connectivity index (χ4n) is 2.20. The summed E-state index contributed by atoms with van der Waals surface area (Å²) in [6, 6.07) is 9.73. The summed E-state index contributed by atoms with van der Waals surface area (Å²) in [6.45, 7) is 0.633. The Labute approximate surface area is 146 Å². The number of ether oxygens (including phenoxy) is 4. The van der Waals surface area contributed by atoms with E-state index < -0.39 is 12.3 Å². The number of amides is 1. The Bertz CT molecular complexity index is 777. The predicted molar refractivity (Wildman–Crippen MR) is 84.7 cm³/mol. The molecule has 9 heteroatoms. The first-order valence-corrected chi connectivity index (χ1v) is 7.57. The van der Waals surface area contributed by atoms with Gasteiger partial charge in [-0.2, -0.15) is 0 Å². The number of halogens is 3. The lowest BCUT2D eigenvalue weighted by Gasteiger charge is -2.18. The Hall–Kier alpha value is -3.10. The molecule has 0 bridgehead atoms. The van der Waals surface area contributed by atoms with Gasteiger partial charge in [0.2, 0.25) is 0 Å². The average Bonchev–Trinajstić information content (AvgIpc) is 2.60. The molecule has 0 fully saturated rings. The predicted octanol–water partition coefficient (Wildman–Crippen LogP) is 3.37. The number of benzene rings is 2. The van der Waals surface area contributed by atoms with Gasteiger partial charge in [-0.15, -0.1) is 13.2 Å². The topological polar surface area (TPSA) is 66.0 Å². The number of fused-ring (bicyclic) bond motifs is 1. The van der Waals surface area contributed by atoms with Crippen molar-refractivity contribution in [1.82, 2.24) is 0 Å². The molecular formula is C17H14F3NO5. The van der Waals surface area contributed by atoms with Crippen LogP contribution in [-0.4, -0.2) is 32.1 Å². The van der Waals surface area contributed by atoms with Crippen LogP contribution in [-0.2, 0) is 4.79 Å². The standard InChI is InChI=1S/C17H14F3NO5/c18-17(19,20)26-12-3-1-11(2-4-12)21-16(22)10-25-13-5-6-14-15(9-13)24-8-7-23-14/h1-6,9H,7-8,10H2,(H,21,22). The van der Waals surface area contributed by atoms with Crippen LogP contribution in [0.5, 0.6) is 23.0 Å². The number of carbonyl (C=O) groups is 1. The maximum absolute atomic E-state index is 12.1. The second kappa shape index (κ2) is 7.42. The van der Waals surface area contributed by atoms with Crippen LogP contribution >= 0.6 is 0 Å². The van der Waals surface area contributed by atoms with Crippen LogP contribution < -0.4 is 24.3 Å². The number of carbonyl (C=O) groups excluding carboxylic acids is 1. The van der Waals surface area contributed by atoms with Gasteiger partial charge in [-0.1, -0.05) is 0 Å². The van der Waals surface area contributed by atoms with Gasteiger partial charge in [0.05, 0.1) is 0 Å². The molecule has 0 radical (unpaired) electrons. The van der Waals surface area contributed by atoms with Crippen molar-refractivity contribution in [3.63, 3.8) is 0 Å². The van der Waals surface area contributed by atoms with E-state index in [1.165, 1.54) is 12.1 Å². The summed E-state index contributed by atoms with van der Waals surface area (Å²) in [5.74, 6) is 0.731. The molecule has 1 heterocycles. The number of hydrogen-bond acceptors (Lipinski definition) is 5. The molecule has 1 aliphatic heterocycles. The lowest BCUT2D eigenvalue weighted by Crippen LogP contribution is -2.20. The van der Waals surface area contributed by atoms with Crippen LogP contribution in [0, 0.1) is 0 Å².